The lowest BCUT2D eigenvalue weighted by Crippen LogP contribution is -2.04. The average molecular weight is 291 g/mol. The zero-order valence-electron chi connectivity index (χ0n) is 10.8. The van der Waals surface area contributed by atoms with Crippen molar-refractivity contribution in [3.63, 3.8) is 0 Å². The van der Waals surface area contributed by atoms with Crippen molar-refractivity contribution in [2.45, 2.75) is 18.8 Å². The van der Waals surface area contributed by atoms with Gasteiger partial charge in [-0.25, -0.2) is 9.78 Å². The lowest BCUT2D eigenvalue weighted by atomic mass is 10.2. The van der Waals surface area contributed by atoms with Crippen LogP contribution in [0.1, 0.15) is 23.8 Å². The molecule has 0 saturated heterocycles. The van der Waals surface area contributed by atoms with Gasteiger partial charge >= 0.3 is 6.16 Å². The summed E-state index contributed by atoms with van der Waals surface area (Å²) in [5.41, 5.74) is 0.852. The van der Waals surface area contributed by atoms with Crippen LogP contribution in [0.25, 0.3) is 10.4 Å². The van der Waals surface area contributed by atoms with E-state index in [1.807, 2.05) is 24.3 Å². The van der Waals surface area contributed by atoms with Crippen LogP contribution in [-0.2, 0) is 0 Å². The molecular formula is C14H13NO4S. The highest BCUT2D eigenvalue weighted by molar-refractivity contribution is 7.15. The number of rotatable bonds is 4. The molecule has 0 unspecified atom stereocenters. The van der Waals surface area contributed by atoms with Crippen LogP contribution < -0.4 is 9.47 Å². The first kappa shape index (κ1) is 12.9. The normalized spacial score (nSPS) is 14.1. The fourth-order valence-electron chi connectivity index (χ4n) is 1.93. The summed E-state index contributed by atoms with van der Waals surface area (Å²) in [6.45, 7) is 0. The first-order valence-corrected chi connectivity index (χ1v) is 7.05. The standard InChI is InChI=1S/C14H13NO4S/c1-18-10-4-2-3-9(7-10)11-12(19-14(16)17)15-13(20-11)8-5-6-8/h2-4,7-8H,5-6H2,1H3,(H,16,17). The summed E-state index contributed by atoms with van der Waals surface area (Å²) in [5.74, 6) is 1.33. The Morgan fingerprint density at radius 3 is 2.90 bits per heavy atom. The Bertz CT molecular complexity index is 648. The molecule has 1 aromatic heterocycles. The number of methoxy groups -OCH3 is 1. The highest BCUT2D eigenvalue weighted by atomic mass is 32.1. The van der Waals surface area contributed by atoms with E-state index in [2.05, 4.69) is 4.98 Å². The predicted octanol–water partition coefficient (Wildman–Crippen LogP) is 3.75. The lowest BCUT2D eigenvalue weighted by Gasteiger charge is -2.03. The van der Waals surface area contributed by atoms with Crippen LogP contribution >= 0.6 is 11.3 Å². The molecule has 0 radical (unpaired) electrons. The summed E-state index contributed by atoms with van der Waals surface area (Å²) in [7, 11) is 1.59. The van der Waals surface area contributed by atoms with Crippen molar-refractivity contribution < 1.29 is 19.4 Å². The zero-order valence-corrected chi connectivity index (χ0v) is 11.6. The van der Waals surface area contributed by atoms with Gasteiger partial charge in [0, 0.05) is 11.5 Å². The summed E-state index contributed by atoms with van der Waals surface area (Å²) < 4.78 is 10.00. The summed E-state index contributed by atoms with van der Waals surface area (Å²) >= 11 is 1.49. The van der Waals surface area contributed by atoms with Crippen LogP contribution in [0.4, 0.5) is 4.79 Å². The highest BCUT2D eigenvalue weighted by Crippen LogP contribution is 2.47. The first-order chi connectivity index (χ1) is 9.67. The van der Waals surface area contributed by atoms with Crippen LogP contribution in [0.2, 0.25) is 0 Å². The number of carbonyl (C=O) groups is 1. The van der Waals surface area contributed by atoms with Crippen LogP contribution in [0.3, 0.4) is 0 Å². The molecule has 0 atom stereocenters. The van der Waals surface area contributed by atoms with E-state index >= 15 is 0 Å². The molecule has 20 heavy (non-hydrogen) atoms. The van der Waals surface area contributed by atoms with E-state index in [1.54, 1.807) is 7.11 Å². The Morgan fingerprint density at radius 1 is 1.45 bits per heavy atom. The number of carboxylic acid groups (broad SMARTS) is 1. The molecule has 2 aromatic rings. The number of hydrogen-bond donors (Lipinski definition) is 1. The highest BCUT2D eigenvalue weighted by Gasteiger charge is 2.29. The molecule has 1 fully saturated rings. The molecule has 0 amide bonds. The maximum atomic E-state index is 10.8. The number of thiazole rings is 1. The minimum atomic E-state index is -1.35. The molecule has 0 spiro atoms. The molecule has 1 N–H and O–H groups in total. The number of benzene rings is 1. The maximum absolute atomic E-state index is 10.8. The Morgan fingerprint density at radius 2 is 2.25 bits per heavy atom. The third-order valence-corrected chi connectivity index (χ3v) is 4.30. The molecule has 5 nitrogen and oxygen atoms in total. The van der Waals surface area contributed by atoms with Crippen LogP contribution in [0.15, 0.2) is 24.3 Å². The minimum Gasteiger partial charge on any atom is -0.497 e. The van der Waals surface area contributed by atoms with Crippen LogP contribution in [0, 0.1) is 0 Å². The topological polar surface area (TPSA) is 68.7 Å². The van der Waals surface area contributed by atoms with Gasteiger partial charge in [0.2, 0.25) is 5.88 Å². The fourth-order valence-corrected chi connectivity index (χ4v) is 3.08. The molecule has 1 aliphatic rings. The third-order valence-electron chi connectivity index (χ3n) is 3.06. The Balaban J connectivity index is 2.02. The fraction of sp³-hybridized carbons (Fsp3) is 0.286. The van der Waals surface area contributed by atoms with Gasteiger partial charge in [-0.15, -0.1) is 11.3 Å². The minimum absolute atomic E-state index is 0.164. The van der Waals surface area contributed by atoms with E-state index in [4.69, 9.17) is 14.6 Å². The summed E-state index contributed by atoms with van der Waals surface area (Å²) in [6, 6.07) is 7.43. The second-order valence-electron chi connectivity index (χ2n) is 4.56. The summed E-state index contributed by atoms with van der Waals surface area (Å²) in [6.07, 6.45) is 0.872. The van der Waals surface area contributed by atoms with Gasteiger partial charge in [-0.1, -0.05) is 12.1 Å². The van der Waals surface area contributed by atoms with E-state index in [0.717, 1.165) is 28.3 Å². The monoisotopic (exact) mass is 291 g/mol. The van der Waals surface area contributed by atoms with Crippen molar-refractivity contribution in [3.8, 4) is 22.1 Å². The van der Waals surface area contributed by atoms with E-state index in [9.17, 15) is 4.79 Å². The van der Waals surface area contributed by atoms with Crippen molar-refractivity contribution in [2.24, 2.45) is 0 Å². The van der Waals surface area contributed by atoms with Crippen molar-refractivity contribution in [3.05, 3.63) is 29.3 Å². The Labute approximate surface area is 119 Å². The van der Waals surface area contributed by atoms with Gasteiger partial charge in [-0.3, -0.25) is 0 Å². The average Bonchev–Trinajstić information content (AvgIpc) is 3.20. The molecule has 1 saturated carbocycles. The number of aromatic nitrogens is 1. The van der Waals surface area contributed by atoms with Gasteiger partial charge in [0.05, 0.1) is 12.0 Å². The number of ether oxygens (including phenoxy) is 2. The maximum Gasteiger partial charge on any atom is 0.512 e. The summed E-state index contributed by atoms with van der Waals surface area (Å²) in [4.78, 5) is 15.8. The van der Waals surface area contributed by atoms with E-state index in [-0.39, 0.29) is 5.88 Å². The largest absolute Gasteiger partial charge is 0.512 e. The molecule has 3 rings (SSSR count). The molecular weight excluding hydrogens is 278 g/mol. The molecule has 0 bridgehead atoms. The van der Waals surface area contributed by atoms with Gasteiger partial charge in [-0.2, -0.15) is 0 Å². The van der Waals surface area contributed by atoms with Crippen LogP contribution in [0.5, 0.6) is 11.6 Å². The molecule has 1 aromatic carbocycles. The number of nitrogens with zero attached hydrogens (tertiary/aromatic N) is 1. The van der Waals surface area contributed by atoms with Gasteiger partial charge in [0.15, 0.2) is 0 Å². The summed E-state index contributed by atoms with van der Waals surface area (Å²) in [5, 5.41) is 9.76. The zero-order chi connectivity index (χ0) is 14.1. The van der Waals surface area contributed by atoms with Crippen molar-refractivity contribution in [2.75, 3.05) is 7.11 Å². The van der Waals surface area contributed by atoms with Gasteiger partial charge in [-0.05, 0) is 25.0 Å². The molecule has 1 aliphatic carbocycles. The van der Waals surface area contributed by atoms with Crippen molar-refractivity contribution >= 4 is 17.5 Å². The lowest BCUT2D eigenvalue weighted by molar-refractivity contribution is 0.143. The van der Waals surface area contributed by atoms with E-state index in [0.29, 0.717) is 11.7 Å². The molecule has 0 aliphatic heterocycles. The van der Waals surface area contributed by atoms with E-state index in [1.165, 1.54) is 11.3 Å². The first-order valence-electron chi connectivity index (χ1n) is 6.23. The molecule has 104 valence electrons. The van der Waals surface area contributed by atoms with Gasteiger partial charge in [0.25, 0.3) is 0 Å². The van der Waals surface area contributed by atoms with Gasteiger partial charge < -0.3 is 14.6 Å². The molecule has 1 heterocycles. The molecule has 6 heteroatoms. The van der Waals surface area contributed by atoms with Crippen molar-refractivity contribution in [1.82, 2.24) is 4.98 Å². The number of hydrogen-bond acceptors (Lipinski definition) is 5. The third kappa shape index (κ3) is 2.60. The van der Waals surface area contributed by atoms with Gasteiger partial charge in [0.1, 0.15) is 10.8 Å². The van der Waals surface area contributed by atoms with E-state index < -0.39 is 6.16 Å². The second kappa shape index (κ2) is 5.13. The predicted molar refractivity (Wildman–Crippen MR) is 74.7 cm³/mol. The van der Waals surface area contributed by atoms with Crippen molar-refractivity contribution in [1.29, 1.82) is 0 Å². The van der Waals surface area contributed by atoms with Crippen LogP contribution in [-0.4, -0.2) is 23.4 Å². The SMILES string of the molecule is COc1cccc(-c2sc(C3CC3)nc2OC(=O)O)c1. The Hall–Kier alpha value is -2.08. The quantitative estimate of drug-likeness (QED) is 0.869. The second-order valence-corrected chi connectivity index (χ2v) is 5.59. The smallest absolute Gasteiger partial charge is 0.497 e. The Kier molecular flexibility index (Phi) is 3.31.